The Morgan fingerprint density at radius 2 is 2.11 bits per heavy atom. The molecule has 5 heteroatoms. The summed E-state index contributed by atoms with van der Waals surface area (Å²) in [7, 11) is 1.92. The van der Waals surface area contributed by atoms with E-state index < -0.39 is 0 Å². The molecule has 1 aromatic heterocycles. The highest BCUT2D eigenvalue weighted by molar-refractivity contribution is 7.09. The van der Waals surface area contributed by atoms with Crippen LogP contribution in [0.3, 0.4) is 0 Å². The molecule has 1 amide bonds. The van der Waals surface area contributed by atoms with Crippen LogP contribution in [0.2, 0.25) is 0 Å². The van der Waals surface area contributed by atoms with Crippen molar-refractivity contribution < 1.29 is 4.79 Å². The van der Waals surface area contributed by atoms with Crippen LogP contribution in [-0.4, -0.2) is 41.0 Å². The lowest BCUT2D eigenvalue weighted by atomic mass is 9.98. The van der Waals surface area contributed by atoms with Gasteiger partial charge in [-0.2, -0.15) is 0 Å². The maximum atomic E-state index is 12.3. The van der Waals surface area contributed by atoms with E-state index in [2.05, 4.69) is 10.3 Å². The number of nitrogens with one attached hydrogen (secondary N) is 1. The van der Waals surface area contributed by atoms with Crippen molar-refractivity contribution in [1.29, 1.82) is 0 Å². The first kappa shape index (κ1) is 12.1. The van der Waals surface area contributed by atoms with E-state index in [1.54, 1.807) is 0 Å². The van der Waals surface area contributed by atoms with E-state index in [4.69, 9.17) is 0 Å². The Kier molecular flexibility index (Phi) is 3.11. The number of piperidine rings is 1. The first-order valence-corrected chi connectivity index (χ1v) is 7.47. The zero-order valence-electron chi connectivity index (χ0n) is 10.8. The number of rotatable bonds is 2. The Labute approximate surface area is 111 Å². The number of hydrogen-bond donors (Lipinski definition) is 1. The number of carbonyl (C=O) groups is 1. The van der Waals surface area contributed by atoms with Gasteiger partial charge in [0.05, 0.1) is 5.01 Å². The average Bonchev–Trinajstić information content (AvgIpc) is 2.94. The summed E-state index contributed by atoms with van der Waals surface area (Å²) in [6.07, 6.45) is 4.70. The number of aromatic nitrogens is 1. The summed E-state index contributed by atoms with van der Waals surface area (Å²) in [5, 5.41) is 6.43. The fourth-order valence-corrected chi connectivity index (χ4v) is 3.74. The van der Waals surface area contributed by atoms with Crippen molar-refractivity contribution in [2.45, 2.75) is 50.7 Å². The maximum absolute atomic E-state index is 12.3. The molecule has 2 atom stereocenters. The second-order valence-corrected chi connectivity index (χ2v) is 6.49. The molecule has 18 heavy (non-hydrogen) atoms. The smallest absolute Gasteiger partial charge is 0.273 e. The number of carbonyl (C=O) groups excluding carboxylic acids is 1. The maximum Gasteiger partial charge on any atom is 0.273 e. The molecule has 2 fully saturated rings. The number of nitrogens with zero attached hydrogens (tertiary/aromatic N) is 2. The van der Waals surface area contributed by atoms with Crippen molar-refractivity contribution in [3.8, 4) is 0 Å². The van der Waals surface area contributed by atoms with Crippen LogP contribution in [-0.2, 0) is 0 Å². The van der Waals surface area contributed by atoms with Crippen molar-refractivity contribution in [1.82, 2.24) is 15.2 Å². The fraction of sp³-hybridized carbons (Fsp3) is 0.692. The fourth-order valence-electron chi connectivity index (χ4n) is 3.15. The number of fused-ring (bicyclic) bond motifs is 2. The lowest BCUT2D eigenvalue weighted by Gasteiger charge is -2.35. The summed E-state index contributed by atoms with van der Waals surface area (Å²) in [4.78, 5) is 18.5. The summed E-state index contributed by atoms with van der Waals surface area (Å²) >= 11 is 1.54. The highest BCUT2D eigenvalue weighted by Gasteiger charge is 2.36. The molecule has 2 unspecified atom stereocenters. The van der Waals surface area contributed by atoms with Crippen LogP contribution in [0, 0.1) is 6.92 Å². The quantitative estimate of drug-likeness (QED) is 0.887. The van der Waals surface area contributed by atoms with Gasteiger partial charge in [0.25, 0.3) is 5.91 Å². The largest absolute Gasteiger partial charge is 0.337 e. The topological polar surface area (TPSA) is 45.2 Å². The Hall–Kier alpha value is -0.940. The van der Waals surface area contributed by atoms with Crippen LogP contribution < -0.4 is 5.32 Å². The number of hydrogen-bond acceptors (Lipinski definition) is 4. The average molecular weight is 265 g/mol. The van der Waals surface area contributed by atoms with Crippen molar-refractivity contribution in [2.24, 2.45) is 0 Å². The van der Waals surface area contributed by atoms with Gasteiger partial charge in [0.15, 0.2) is 0 Å². The molecule has 0 aliphatic carbocycles. The van der Waals surface area contributed by atoms with E-state index in [0.29, 0.717) is 23.8 Å². The predicted molar refractivity (Wildman–Crippen MR) is 71.9 cm³/mol. The molecule has 0 aromatic carbocycles. The third-order valence-electron chi connectivity index (χ3n) is 4.15. The summed E-state index contributed by atoms with van der Waals surface area (Å²) in [5.41, 5.74) is 0.603. The standard InChI is InChI=1S/C13H19N3OS/c1-8-14-12(7-18-8)13(17)16(2)11-5-9-3-4-10(6-11)15-9/h7,9-11,15H,3-6H2,1-2H3. The van der Waals surface area contributed by atoms with Crippen LogP contribution in [0.25, 0.3) is 0 Å². The molecule has 1 N–H and O–H groups in total. The summed E-state index contributed by atoms with van der Waals surface area (Å²) < 4.78 is 0. The predicted octanol–water partition coefficient (Wildman–Crippen LogP) is 1.81. The van der Waals surface area contributed by atoms with E-state index in [0.717, 1.165) is 17.8 Å². The Bertz CT molecular complexity index is 447. The van der Waals surface area contributed by atoms with Crippen LogP contribution in [0.5, 0.6) is 0 Å². The second kappa shape index (κ2) is 4.63. The third-order valence-corrected chi connectivity index (χ3v) is 4.93. The first-order chi connectivity index (χ1) is 8.63. The summed E-state index contributed by atoms with van der Waals surface area (Å²) in [6, 6.07) is 1.60. The SMILES string of the molecule is Cc1nc(C(=O)N(C)C2CC3CCC(C2)N3)cs1. The number of thiazole rings is 1. The van der Waals surface area contributed by atoms with Gasteiger partial charge in [-0.3, -0.25) is 4.79 Å². The van der Waals surface area contributed by atoms with Gasteiger partial charge in [0.1, 0.15) is 5.69 Å². The van der Waals surface area contributed by atoms with Gasteiger partial charge in [-0.05, 0) is 32.6 Å². The summed E-state index contributed by atoms with van der Waals surface area (Å²) in [5.74, 6) is 0.0747. The third kappa shape index (κ3) is 2.17. The molecular formula is C13H19N3OS. The van der Waals surface area contributed by atoms with E-state index in [9.17, 15) is 4.79 Å². The monoisotopic (exact) mass is 265 g/mol. The molecule has 0 spiro atoms. The van der Waals surface area contributed by atoms with Crippen molar-refractivity contribution in [3.05, 3.63) is 16.1 Å². The van der Waals surface area contributed by atoms with Crippen LogP contribution in [0.1, 0.15) is 41.2 Å². The van der Waals surface area contributed by atoms with Crippen molar-refractivity contribution >= 4 is 17.2 Å². The zero-order chi connectivity index (χ0) is 12.7. The van der Waals surface area contributed by atoms with Gasteiger partial charge in [-0.25, -0.2) is 4.98 Å². The molecule has 2 saturated heterocycles. The minimum atomic E-state index is 0.0747. The molecule has 98 valence electrons. The van der Waals surface area contributed by atoms with Crippen molar-refractivity contribution in [3.63, 3.8) is 0 Å². The molecule has 3 heterocycles. The highest BCUT2D eigenvalue weighted by atomic mass is 32.1. The Balaban J connectivity index is 1.70. The summed E-state index contributed by atoms with van der Waals surface area (Å²) in [6.45, 7) is 1.94. The van der Waals surface area contributed by atoms with E-state index >= 15 is 0 Å². The van der Waals surface area contributed by atoms with Crippen LogP contribution >= 0.6 is 11.3 Å². The lowest BCUT2D eigenvalue weighted by molar-refractivity contribution is 0.0676. The first-order valence-electron chi connectivity index (χ1n) is 6.59. The number of aryl methyl sites for hydroxylation is 1. The van der Waals surface area contributed by atoms with E-state index in [-0.39, 0.29) is 5.91 Å². The van der Waals surface area contributed by atoms with E-state index in [1.165, 1.54) is 24.2 Å². The van der Waals surface area contributed by atoms with Crippen LogP contribution in [0.15, 0.2) is 5.38 Å². The Morgan fingerprint density at radius 1 is 1.44 bits per heavy atom. The van der Waals surface area contributed by atoms with Gasteiger partial charge in [0.2, 0.25) is 0 Å². The Morgan fingerprint density at radius 3 is 2.67 bits per heavy atom. The van der Waals surface area contributed by atoms with Crippen molar-refractivity contribution in [2.75, 3.05) is 7.05 Å². The molecular weight excluding hydrogens is 246 g/mol. The zero-order valence-corrected chi connectivity index (χ0v) is 11.7. The normalized spacial score (nSPS) is 30.4. The molecule has 4 nitrogen and oxygen atoms in total. The second-order valence-electron chi connectivity index (χ2n) is 5.43. The molecule has 1 aromatic rings. The minimum Gasteiger partial charge on any atom is -0.337 e. The van der Waals surface area contributed by atoms with E-state index in [1.807, 2.05) is 24.3 Å². The lowest BCUT2D eigenvalue weighted by Crippen LogP contribution is -2.48. The molecule has 0 radical (unpaired) electrons. The number of amides is 1. The molecule has 2 aliphatic rings. The van der Waals surface area contributed by atoms with Gasteiger partial charge >= 0.3 is 0 Å². The highest BCUT2D eigenvalue weighted by Crippen LogP contribution is 2.29. The van der Waals surface area contributed by atoms with Crippen LogP contribution in [0.4, 0.5) is 0 Å². The van der Waals surface area contributed by atoms with Gasteiger partial charge < -0.3 is 10.2 Å². The van der Waals surface area contributed by atoms with Gasteiger partial charge in [-0.15, -0.1) is 11.3 Å². The van der Waals surface area contributed by atoms with Gasteiger partial charge in [-0.1, -0.05) is 0 Å². The van der Waals surface area contributed by atoms with Gasteiger partial charge in [0, 0.05) is 30.6 Å². The molecule has 0 saturated carbocycles. The minimum absolute atomic E-state index is 0.0747. The molecule has 2 aliphatic heterocycles. The molecule has 3 rings (SSSR count). The molecule has 2 bridgehead atoms.